The predicted molar refractivity (Wildman–Crippen MR) is 160 cm³/mol. The number of carboxylic acids is 1. The summed E-state index contributed by atoms with van der Waals surface area (Å²) in [6.07, 6.45) is -5.08. The minimum Gasteiger partial charge on any atom is -0.497 e. The van der Waals surface area contributed by atoms with Crippen molar-refractivity contribution in [1.82, 2.24) is 35.5 Å². The Morgan fingerprint density at radius 2 is 1.39 bits per heavy atom. The van der Waals surface area contributed by atoms with E-state index in [9.17, 15) is 22.8 Å². The van der Waals surface area contributed by atoms with Crippen LogP contribution in [0.1, 0.15) is 16.7 Å². The third-order valence-corrected chi connectivity index (χ3v) is 6.61. The molecule has 18 heteroatoms. The zero-order chi connectivity index (χ0) is 33.1. The van der Waals surface area contributed by atoms with E-state index >= 15 is 0 Å². The minimum absolute atomic E-state index is 0.126. The highest BCUT2D eigenvalue weighted by molar-refractivity contribution is 6.02. The molecule has 3 heterocycles. The van der Waals surface area contributed by atoms with Crippen LogP contribution in [0.2, 0.25) is 0 Å². The zero-order valence-electron chi connectivity index (χ0n) is 24.7. The first kappa shape index (κ1) is 33.7. The molecule has 3 amide bonds. The Balaban J connectivity index is 0.000000617. The Bertz CT molecular complexity index is 1490. The van der Waals surface area contributed by atoms with Crippen molar-refractivity contribution in [3.05, 3.63) is 65.2 Å². The Kier molecular flexibility index (Phi) is 11.5. The normalized spacial score (nSPS) is 15.0. The highest BCUT2D eigenvalue weighted by Gasteiger charge is 2.38. The van der Waals surface area contributed by atoms with E-state index in [-0.39, 0.29) is 12.5 Å². The molecule has 0 bridgehead atoms. The smallest absolute Gasteiger partial charge is 0.490 e. The number of nitrogens with zero attached hydrogens (tertiary/aromatic N) is 5. The molecule has 3 aromatic rings. The van der Waals surface area contributed by atoms with Gasteiger partial charge in [-0.2, -0.15) is 28.1 Å². The second kappa shape index (κ2) is 15.7. The number of anilines is 3. The Morgan fingerprint density at radius 3 is 1.87 bits per heavy atom. The molecule has 5 rings (SSSR count). The van der Waals surface area contributed by atoms with Gasteiger partial charge >= 0.3 is 18.2 Å². The van der Waals surface area contributed by atoms with Gasteiger partial charge in [0.25, 0.3) is 0 Å². The molecule has 0 atom stereocenters. The summed E-state index contributed by atoms with van der Waals surface area (Å²) in [5.74, 6) is -1.64. The van der Waals surface area contributed by atoms with Crippen LogP contribution in [-0.2, 0) is 29.2 Å². The molecular weight excluding hydrogens is 613 g/mol. The Hall–Kier alpha value is -5.23. The molecule has 246 valence electrons. The number of hydrogen-bond donors (Lipinski definition) is 6. The number of ether oxygens (including phenoxy) is 1. The maximum atomic E-state index is 12.0. The average Bonchev–Trinajstić information content (AvgIpc) is 3.35. The summed E-state index contributed by atoms with van der Waals surface area (Å²) >= 11 is 0. The maximum absolute atomic E-state index is 12.0. The number of aliphatic carboxylic acids is 1. The van der Waals surface area contributed by atoms with Crippen LogP contribution >= 0.6 is 0 Å². The number of carbonyl (C=O) groups excluding carboxylic acids is 2. The van der Waals surface area contributed by atoms with Gasteiger partial charge in [0.1, 0.15) is 12.3 Å². The highest BCUT2D eigenvalue weighted by Crippen LogP contribution is 2.16. The van der Waals surface area contributed by atoms with E-state index < -0.39 is 24.1 Å². The number of rotatable bonds is 11. The summed E-state index contributed by atoms with van der Waals surface area (Å²) in [5.41, 5.74) is 6.15. The molecule has 0 saturated carbocycles. The fraction of sp³-hybridized carbons (Fsp3) is 0.357. The number of halogens is 3. The summed E-state index contributed by atoms with van der Waals surface area (Å²) in [6, 6.07) is 15.5. The summed E-state index contributed by atoms with van der Waals surface area (Å²) in [7, 11) is 1.62. The van der Waals surface area contributed by atoms with Crippen molar-refractivity contribution >= 4 is 35.8 Å². The highest BCUT2D eigenvalue weighted by atomic mass is 19.4. The number of carboxylic acid groups (broad SMARTS) is 1. The molecule has 46 heavy (non-hydrogen) atoms. The van der Waals surface area contributed by atoms with E-state index in [0.29, 0.717) is 25.0 Å². The van der Waals surface area contributed by atoms with Crippen LogP contribution in [0.15, 0.2) is 48.5 Å². The van der Waals surface area contributed by atoms with Crippen molar-refractivity contribution < 1.29 is 37.4 Å². The second-order valence-corrected chi connectivity index (χ2v) is 10.1. The van der Waals surface area contributed by atoms with Crippen LogP contribution in [0.4, 0.5) is 35.8 Å². The second-order valence-electron chi connectivity index (χ2n) is 10.1. The third kappa shape index (κ3) is 10.4. The zero-order valence-corrected chi connectivity index (χ0v) is 24.7. The van der Waals surface area contributed by atoms with Crippen molar-refractivity contribution in [3.63, 3.8) is 0 Å². The number of nitrogens with one attached hydrogen (secondary N) is 5. The monoisotopic (exact) mass is 646 g/mol. The first-order valence-corrected chi connectivity index (χ1v) is 14.0. The summed E-state index contributed by atoms with van der Waals surface area (Å²) < 4.78 is 36.9. The van der Waals surface area contributed by atoms with Gasteiger partial charge in [0.05, 0.1) is 7.11 Å². The SMILES string of the molecule is COc1ccc(CNc2nc(NCc3ccc(CN4CCNCC4)cc3)nc(NN3CC(=O)NC3=O)n2)cc1.O=C(O)C(F)(F)F. The molecule has 15 nitrogen and oxygen atoms in total. The van der Waals surface area contributed by atoms with Crippen LogP contribution in [0.3, 0.4) is 0 Å². The first-order valence-electron chi connectivity index (χ1n) is 14.0. The molecule has 2 aliphatic rings. The standard InChI is InChI=1S/C26H32N10O3.C2HF3O2/c1-39-21-8-6-19(7-9-21)15-29-24-31-23(32-25(33-24)34-36-17-22(37)30-26(36)38)28-14-18-2-4-20(5-3-18)16-35-12-10-27-11-13-35;3-2(4,5)1(6)7/h2-9,27H,10-17H2,1H3,(H,30,37,38)(H3,28,29,31,32,33,34);(H,6,7). The number of urea groups is 1. The number of imide groups is 1. The van der Waals surface area contributed by atoms with Gasteiger partial charge in [-0.1, -0.05) is 36.4 Å². The first-order chi connectivity index (χ1) is 22.0. The summed E-state index contributed by atoms with van der Waals surface area (Å²) in [4.78, 5) is 48.2. The number of hydrazine groups is 1. The van der Waals surface area contributed by atoms with Gasteiger partial charge in [0.2, 0.25) is 23.8 Å². The lowest BCUT2D eigenvalue weighted by atomic mass is 10.1. The molecule has 2 saturated heterocycles. The largest absolute Gasteiger partial charge is 0.497 e. The van der Waals surface area contributed by atoms with Crippen LogP contribution in [0, 0.1) is 0 Å². The van der Waals surface area contributed by atoms with E-state index in [2.05, 4.69) is 70.8 Å². The molecule has 0 spiro atoms. The number of amides is 3. The number of carbonyl (C=O) groups is 3. The number of methoxy groups -OCH3 is 1. The molecule has 0 unspecified atom stereocenters. The van der Waals surface area contributed by atoms with Gasteiger partial charge in [-0.15, -0.1) is 0 Å². The summed E-state index contributed by atoms with van der Waals surface area (Å²) in [5, 5.41) is 20.3. The van der Waals surface area contributed by atoms with Crippen molar-refractivity contribution in [1.29, 1.82) is 0 Å². The number of aromatic nitrogens is 3. The Labute approximate surface area is 261 Å². The van der Waals surface area contributed by atoms with E-state index in [0.717, 1.165) is 54.6 Å². The van der Waals surface area contributed by atoms with Gasteiger partial charge < -0.3 is 25.8 Å². The van der Waals surface area contributed by atoms with Gasteiger partial charge in [-0.25, -0.2) is 14.6 Å². The number of piperazine rings is 1. The molecular formula is C28H33F3N10O5. The molecule has 6 N–H and O–H groups in total. The molecule has 0 radical (unpaired) electrons. The fourth-order valence-corrected chi connectivity index (χ4v) is 4.23. The predicted octanol–water partition coefficient (Wildman–Crippen LogP) is 2.02. The van der Waals surface area contributed by atoms with E-state index in [4.69, 9.17) is 14.6 Å². The van der Waals surface area contributed by atoms with Crippen LogP contribution < -0.4 is 31.4 Å². The number of benzene rings is 2. The lowest BCUT2D eigenvalue weighted by Gasteiger charge is -2.27. The summed E-state index contributed by atoms with van der Waals surface area (Å²) in [6.45, 7) is 5.93. The van der Waals surface area contributed by atoms with Gasteiger partial charge in [-0.3, -0.25) is 20.4 Å². The number of alkyl halides is 3. The van der Waals surface area contributed by atoms with Gasteiger partial charge in [-0.05, 0) is 28.8 Å². The average molecular weight is 647 g/mol. The minimum atomic E-state index is -5.08. The van der Waals surface area contributed by atoms with Gasteiger partial charge in [0.15, 0.2) is 0 Å². The lowest BCUT2D eigenvalue weighted by Crippen LogP contribution is -2.42. The third-order valence-electron chi connectivity index (χ3n) is 6.61. The number of hydrogen-bond acceptors (Lipinski definition) is 12. The van der Waals surface area contributed by atoms with Crippen LogP contribution in [-0.4, -0.2) is 93.9 Å². The van der Waals surface area contributed by atoms with E-state index in [1.54, 1.807) is 7.11 Å². The van der Waals surface area contributed by atoms with Gasteiger partial charge in [0, 0.05) is 45.8 Å². The van der Waals surface area contributed by atoms with Crippen LogP contribution in [0.25, 0.3) is 0 Å². The molecule has 2 aliphatic heterocycles. The lowest BCUT2D eigenvalue weighted by molar-refractivity contribution is -0.192. The molecule has 2 fully saturated rings. The van der Waals surface area contributed by atoms with E-state index in [1.807, 2.05) is 24.3 Å². The molecule has 0 aliphatic carbocycles. The molecule has 2 aromatic carbocycles. The maximum Gasteiger partial charge on any atom is 0.490 e. The topological polar surface area (TPSA) is 186 Å². The molecule has 1 aromatic heterocycles. The van der Waals surface area contributed by atoms with Crippen molar-refractivity contribution in [2.75, 3.05) is 55.9 Å². The van der Waals surface area contributed by atoms with Crippen LogP contribution in [0.5, 0.6) is 5.75 Å². The van der Waals surface area contributed by atoms with Crippen molar-refractivity contribution in [2.45, 2.75) is 25.8 Å². The van der Waals surface area contributed by atoms with Crippen molar-refractivity contribution in [2.24, 2.45) is 0 Å². The Morgan fingerprint density at radius 1 is 0.891 bits per heavy atom. The fourth-order valence-electron chi connectivity index (χ4n) is 4.23. The quantitative estimate of drug-likeness (QED) is 0.166. The van der Waals surface area contributed by atoms with Crippen molar-refractivity contribution in [3.8, 4) is 5.75 Å². The van der Waals surface area contributed by atoms with E-state index in [1.165, 1.54) is 5.56 Å².